The van der Waals surface area contributed by atoms with Crippen LogP contribution in [0.2, 0.25) is 0 Å². The smallest absolute Gasteiger partial charge is 0.244 e. The number of carbonyl (C=O) groups excluding carboxylic acids is 1. The van der Waals surface area contributed by atoms with Crippen molar-refractivity contribution in [2.24, 2.45) is 5.41 Å². The lowest BCUT2D eigenvalue weighted by Gasteiger charge is -2.40. The minimum Gasteiger partial charge on any atom is -0.388 e. The first kappa shape index (κ1) is 15.7. The van der Waals surface area contributed by atoms with Gasteiger partial charge in [-0.05, 0) is 48.8 Å². The van der Waals surface area contributed by atoms with Gasteiger partial charge in [0.2, 0.25) is 5.91 Å². The maximum atomic E-state index is 11.8. The summed E-state index contributed by atoms with van der Waals surface area (Å²) in [7, 11) is 0. The van der Waals surface area contributed by atoms with E-state index in [1.165, 1.54) is 6.08 Å². The van der Waals surface area contributed by atoms with Crippen LogP contribution in [-0.4, -0.2) is 28.1 Å². The topological polar surface area (TPSA) is 62.2 Å². The third kappa shape index (κ3) is 4.97. The molecule has 21 heavy (non-hydrogen) atoms. The van der Waals surface area contributed by atoms with Crippen molar-refractivity contribution in [2.75, 3.05) is 6.54 Å². The van der Waals surface area contributed by atoms with E-state index in [0.717, 1.165) is 31.2 Å². The van der Waals surface area contributed by atoms with Crippen LogP contribution in [0.5, 0.6) is 0 Å². The molecule has 0 unspecified atom stereocenters. The Morgan fingerprint density at radius 1 is 1.38 bits per heavy atom. The van der Waals surface area contributed by atoms with E-state index < -0.39 is 5.60 Å². The molecule has 0 aromatic carbocycles. The minimum absolute atomic E-state index is 0.183. The van der Waals surface area contributed by atoms with Crippen LogP contribution >= 0.6 is 0 Å². The number of aliphatic hydroxyl groups is 1. The number of nitrogens with one attached hydrogen (secondary N) is 1. The average Bonchev–Trinajstić information content (AvgIpc) is 2.48. The van der Waals surface area contributed by atoms with E-state index >= 15 is 0 Å². The standard InChI is InChI=1S/C17H24N2O2/c1-16(2)7-9-17(21,10-8-16)13-19-15(20)6-5-14-4-3-11-18-12-14/h3-6,11-12,21H,7-10,13H2,1-2H3,(H,19,20). The number of hydrogen-bond donors (Lipinski definition) is 2. The number of nitrogens with zero attached hydrogens (tertiary/aromatic N) is 1. The van der Waals surface area contributed by atoms with E-state index in [2.05, 4.69) is 24.1 Å². The summed E-state index contributed by atoms with van der Waals surface area (Å²) >= 11 is 0. The molecule has 114 valence electrons. The largest absolute Gasteiger partial charge is 0.388 e. The number of amides is 1. The first-order valence-electron chi connectivity index (χ1n) is 7.47. The quantitative estimate of drug-likeness (QED) is 0.837. The molecule has 1 aliphatic rings. The molecule has 0 radical (unpaired) electrons. The van der Waals surface area contributed by atoms with Crippen LogP contribution in [0.1, 0.15) is 45.1 Å². The summed E-state index contributed by atoms with van der Waals surface area (Å²) in [6, 6.07) is 3.71. The summed E-state index contributed by atoms with van der Waals surface area (Å²) in [6.45, 7) is 4.77. The molecular weight excluding hydrogens is 264 g/mol. The molecule has 1 aromatic rings. The second-order valence-electron chi connectivity index (χ2n) is 6.73. The van der Waals surface area contributed by atoms with Crippen molar-refractivity contribution >= 4 is 12.0 Å². The Kier molecular flexibility index (Phi) is 4.78. The monoisotopic (exact) mass is 288 g/mol. The molecule has 1 saturated carbocycles. The lowest BCUT2D eigenvalue weighted by molar-refractivity contribution is -0.118. The van der Waals surface area contributed by atoms with Crippen molar-refractivity contribution in [3.05, 3.63) is 36.2 Å². The Hall–Kier alpha value is -1.68. The highest BCUT2D eigenvalue weighted by Gasteiger charge is 2.36. The zero-order valence-corrected chi connectivity index (χ0v) is 12.8. The van der Waals surface area contributed by atoms with Crippen LogP contribution in [0, 0.1) is 5.41 Å². The first-order valence-corrected chi connectivity index (χ1v) is 7.47. The van der Waals surface area contributed by atoms with Gasteiger partial charge in [-0.1, -0.05) is 19.9 Å². The lowest BCUT2D eigenvalue weighted by atomic mass is 9.71. The molecule has 0 aliphatic heterocycles. The summed E-state index contributed by atoms with van der Waals surface area (Å²) in [6.07, 6.45) is 10.1. The summed E-state index contributed by atoms with van der Waals surface area (Å²) in [4.78, 5) is 15.8. The van der Waals surface area contributed by atoms with Crippen molar-refractivity contribution < 1.29 is 9.90 Å². The van der Waals surface area contributed by atoms with Crippen LogP contribution in [0.4, 0.5) is 0 Å². The predicted molar refractivity (Wildman–Crippen MR) is 83.5 cm³/mol. The van der Waals surface area contributed by atoms with Gasteiger partial charge < -0.3 is 10.4 Å². The van der Waals surface area contributed by atoms with Crippen LogP contribution in [0.25, 0.3) is 6.08 Å². The van der Waals surface area contributed by atoms with Crippen LogP contribution < -0.4 is 5.32 Å². The number of hydrogen-bond acceptors (Lipinski definition) is 3. The summed E-state index contributed by atoms with van der Waals surface area (Å²) in [5.41, 5.74) is 0.426. The van der Waals surface area contributed by atoms with Gasteiger partial charge in [0.1, 0.15) is 0 Å². The Morgan fingerprint density at radius 3 is 2.71 bits per heavy atom. The number of rotatable bonds is 4. The fraction of sp³-hybridized carbons (Fsp3) is 0.529. The summed E-state index contributed by atoms with van der Waals surface area (Å²) in [5, 5.41) is 13.3. The van der Waals surface area contributed by atoms with Crippen molar-refractivity contribution in [3.63, 3.8) is 0 Å². The molecule has 1 fully saturated rings. The van der Waals surface area contributed by atoms with Gasteiger partial charge >= 0.3 is 0 Å². The van der Waals surface area contributed by atoms with Gasteiger partial charge in [-0.2, -0.15) is 0 Å². The molecule has 4 heteroatoms. The number of aromatic nitrogens is 1. The molecule has 1 aromatic heterocycles. The third-order valence-electron chi connectivity index (χ3n) is 4.24. The second-order valence-corrected chi connectivity index (χ2v) is 6.73. The molecule has 1 amide bonds. The van der Waals surface area contributed by atoms with Gasteiger partial charge in [-0.15, -0.1) is 0 Å². The lowest BCUT2D eigenvalue weighted by Crippen LogP contribution is -2.46. The van der Waals surface area contributed by atoms with E-state index in [1.54, 1.807) is 18.5 Å². The third-order valence-corrected chi connectivity index (χ3v) is 4.24. The molecular formula is C17H24N2O2. The van der Waals surface area contributed by atoms with Crippen molar-refractivity contribution in [3.8, 4) is 0 Å². The maximum Gasteiger partial charge on any atom is 0.244 e. The molecule has 4 nitrogen and oxygen atoms in total. The van der Waals surface area contributed by atoms with Gasteiger partial charge in [0.25, 0.3) is 0 Å². The van der Waals surface area contributed by atoms with Gasteiger partial charge in [-0.25, -0.2) is 0 Å². The second kappa shape index (κ2) is 6.39. The highest BCUT2D eigenvalue weighted by molar-refractivity contribution is 5.91. The molecule has 1 heterocycles. The van der Waals surface area contributed by atoms with Gasteiger partial charge in [0, 0.05) is 25.0 Å². The fourth-order valence-corrected chi connectivity index (χ4v) is 2.53. The molecule has 0 spiro atoms. The van der Waals surface area contributed by atoms with Gasteiger partial charge in [0.05, 0.1) is 5.60 Å². The molecule has 2 N–H and O–H groups in total. The van der Waals surface area contributed by atoms with E-state index in [0.29, 0.717) is 12.0 Å². The Labute approximate surface area is 126 Å². The average molecular weight is 288 g/mol. The van der Waals surface area contributed by atoms with Gasteiger partial charge in [-0.3, -0.25) is 9.78 Å². The summed E-state index contributed by atoms with van der Waals surface area (Å²) in [5.74, 6) is -0.183. The van der Waals surface area contributed by atoms with E-state index in [1.807, 2.05) is 12.1 Å². The highest BCUT2D eigenvalue weighted by Crippen LogP contribution is 2.39. The minimum atomic E-state index is -0.757. The van der Waals surface area contributed by atoms with Crippen molar-refractivity contribution in [1.29, 1.82) is 0 Å². The molecule has 0 bridgehead atoms. The highest BCUT2D eigenvalue weighted by atomic mass is 16.3. The van der Waals surface area contributed by atoms with E-state index in [4.69, 9.17) is 0 Å². The predicted octanol–water partition coefficient (Wildman–Crippen LogP) is 2.54. The van der Waals surface area contributed by atoms with Crippen LogP contribution in [0.15, 0.2) is 30.6 Å². The van der Waals surface area contributed by atoms with Crippen molar-refractivity contribution in [1.82, 2.24) is 10.3 Å². The SMILES string of the molecule is CC1(C)CCC(O)(CNC(=O)C=Cc2cccnc2)CC1. The molecule has 1 aliphatic carbocycles. The van der Waals surface area contributed by atoms with E-state index in [9.17, 15) is 9.90 Å². The van der Waals surface area contributed by atoms with Crippen molar-refractivity contribution in [2.45, 2.75) is 45.1 Å². The maximum absolute atomic E-state index is 11.8. The zero-order valence-electron chi connectivity index (χ0n) is 12.8. The molecule has 2 rings (SSSR count). The van der Waals surface area contributed by atoms with Gasteiger partial charge in [0.15, 0.2) is 0 Å². The molecule has 0 atom stereocenters. The summed E-state index contributed by atoms with van der Waals surface area (Å²) < 4.78 is 0. The Bertz CT molecular complexity index is 499. The van der Waals surface area contributed by atoms with Crippen LogP contribution in [0.3, 0.4) is 0 Å². The molecule has 0 saturated heterocycles. The number of carbonyl (C=O) groups is 1. The Balaban J connectivity index is 1.80. The van der Waals surface area contributed by atoms with E-state index in [-0.39, 0.29) is 5.91 Å². The fourth-order valence-electron chi connectivity index (χ4n) is 2.53. The first-order chi connectivity index (χ1) is 9.89. The van der Waals surface area contributed by atoms with Crippen LogP contribution in [-0.2, 0) is 4.79 Å². The zero-order chi connectivity index (χ0) is 15.3. The normalized spacial score (nSPS) is 20.3. The Morgan fingerprint density at radius 2 is 2.10 bits per heavy atom. The number of pyridine rings is 1.